The number of aliphatic hydroxyl groups is 1. The van der Waals surface area contributed by atoms with Crippen molar-refractivity contribution < 1.29 is 14.4 Å². The molecule has 1 atom stereocenters. The van der Waals surface area contributed by atoms with Gasteiger partial charge in [-0.3, -0.25) is 0 Å². The minimum absolute atomic E-state index is 0.306. The maximum absolute atomic E-state index is 11.7. The van der Waals surface area contributed by atoms with Crippen molar-refractivity contribution in [3.8, 4) is 0 Å². The zero-order valence-electron chi connectivity index (χ0n) is 12.0. The SMILES string of the molecule is Cc1nc(CCNC(=O)Nc2ccc(C(C)O)cc2)no1. The Morgan fingerprint density at radius 3 is 2.67 bits per heavy atom. The number of carbonyl (C=O) groups excluding carboxylic acids is 1. The molecule has 0 saturated heterocycles. The topological polar surface area (TPSA) is 100 Å². The van der Waals surface area contributed by atoms with Gasteiger partial charge in [0.05, 0.1) is 6.10 Å². The number of hydrogen-bond donors (Lipinski definition) is 3. The van der Waals surface area contributed by atoms with Gasteiger partial charge in [-0.05, 0) is 24.6 Å². The molecule has 3 N–H and O–H groups in total. The monoisotopic (exact) mass is 290 g/mol. The smallest absolute Gasteiger partial charge is 0.319 e. The van der Waals surface area contributed by atoms with Crippen LogP contribution in [0.1, 0.15) is 30.3 Å². The first-order chi connectivity index (χ1) is 10.0. The lowest BCUT2D eigenvalue weighted by molar-refractivity contribution is 0.199. The predicted molar refractivity (Wildman–Crippen MR) is 76.8 cm³/mol. The molecular formula is C14H18N4O3. The molecule has 1 unspecified atom stereocenters. The minimum Gasteiger partial charge on any atom is -0.389 e. The molecule has 112 valence electrons. The van der Waals surface area contributed by atoms with Gasteiger partial charge in [-0.25, -0.2) is 4.79 Å². The molecule has 2 amide bonds. The molecule has 1 heterocycles. The summed E-state index contributed by atoms with van der Waals surface area (Å²) in [5, 5.41) is 18.6. The molecule has 0 aliphatic carbocycles. The van der Waals surface area contributed by atoms with Gasteiger partial charge in [0.2, 0.25) is 5.89 Å². The number of anilines is 1. The Morgan fingerprint density at radius 1 is 1.38 bits per heavy atom. The van der Waals surface area contributed by atoms with Crippen LogP contribution in [0.5, 0.6) is 0 Å². The van der Waals surface area contributed by atoms with Crippen molar-refractivity contribution in [1.82, 2.24) is 15.5 Å². The van der Waals surface area contributed by atoms with Crippen molar-refractivity contribution in [2.24, 2.45) is 0 Å². The van der Waals surface area contributed by atoms with E-state index in [9.17, 15) is 9.90 Å². The summed E-state index contributed by atoms with van der Waals surface area (Å²) in [6.07, 6.45) is -0.0163. The highest BCUT2D eigenvalue weighted by Gasteiger charge is 2.05. The Labute approximate surface area is 122 Å². The lowest BCUT2D eigenvalue weighted by atomic mass is 10.1. The molecule has 1 aromatic carbocycles. The summed E-state index contributed by atoms with van der Waals surface area (Å²) in [5.74, 6) is 1.07. The van der Waals surface area contributed by atoms with E-state index in [-0.39, 0.29) is 6.03 Å². The third kappa shape index (κ3) is 4.57. The Bertz CT molecular complexity index is 593. The van der Waals surface area contributed by atoms with Crippen molar-refractivity contribution in [3.63, 3.8) is 0 Å². The second kappa shape index (κ2) is 6.85. The molecule has 2 aromatic rings. The van der Waals surface area contributed by atoms with E-state index in [1.165, 1.54) is 0 Å². The fourth-order valence-corrected chi connectivity index (χ4v) is 1.75. The van der Waals surface area contributed by atoms with Crippen LogP contribution in [0.2, 0.25) is 0 Å². The highest BCUT2D eigenvalue weighted by Crippen LogP contribution is 2.15. The molecule has 0 saturated carbocycles. The van der Waals surface area contributed by atoms with Gasteiger partial charge in [0.25, 0.3) is 0 Å². The molecule has 1 aromatic heterocycles. The lowest BCUT2D eigenvalue weighted by Crippen LogP contribution is -2.30. The maximum atomic E-state index is 11.7. The normalized spacial score (nSPS) is 12.0. The number of nitrogens with zero attached hydrogens (tertiary/aromatic N) is 2. The minimum atomic E-state index is -0.522. The molecule has 7 heteroatoms. The van der Waals surface area contributed by atoms with E-state index in [2.05, 4.69) is 20.8 Å². The van der Waals surface area contributed by atoms with Crippen LogP contribution in [0.3, 0.4) is 0 Å². The number of aromatic nitrogens is 2. The first kappa shape index (κ1) is 15.0. The Hall–Kier alpha value is -2.41. The van der Waals surface area contributed by atoms with E-state index in [1.807, 2.05) is 0 Å². The van der Waals surface area contributed by atoms with Gasteiger partial charge in [0, 0.05) is 25.6 Å². The zero-order valence-corrected chi connectivity index (χ0v) is 12.0. The van der Waals surface area contributed by atoms with Gasteiger partial charge >= 0.3 is 6.03 Å². The Kier molecular flexibility index (Phi) is 4.89. The van der Waals surface area contributed by atoms with Crippen LogP contribution in [0.4, 0.5) is 10.5 Å². The fraction of sp³-hybridized carbons (Fsp3) is 0.357. The lowest BCUT2D eigenvalue weighted by Gasteiger charge is -2.08. The van der Waals surface area contributed by atoms with Crippen molar-refractivity contribution >= 4 is 11.7 Å². The van der Waals surface area contributed by atoms with Crippen LogP contribution < -0.4 is 10.6 Å². The fourth-order valence-electron chi connectivity index (χ4n) is 1.75. The van der Waals surface area contributed by atoms with Gasteiger partial charge in [-0.1, -0.05) is 17.3 Å². The predicted octanol–water partition coefficient (Wildman–Crippen LogP) is 1.80. The van der Waals surface area contributed by atoms with Gasteiger partial charge in [0.15, 0.2) is 5.82 Å². The van der Waals surface area contributed by atoms with Gasteiger partial charge < -0.3 is 20.3 Å². The standard InChI is InChI=1S/C14H18N4O3/c1-9(19)11-3-5-12(6-4-11)17-14(20)15-8-7-13-16-10(2)21-18-13/h3-6,9,19H,7-8H2,1-2H3,(H2,15,17,20). The van der Waals surface area contributed by atoms with Crippen molar-refractivity contribution in [2.75, 3.05) is 11.9 Å². The van der Waals surface area contributed by atoms with Gasteiger partial charge in [0.1, 0.15) is 0 Å². The molecule has 0 bridgehead atoms. The van der Waals surface area contributed by atoms with E-state index < -0.39 is 6.10 Å². The maximum Gasteiger partial charge on any atom is 0.319 e. The van der Waals surface area contributed by atoms with Crippen LogP contribution in [-0.4, -0.2) is 27.8 Å². The molecular weight excluding hydrogens is 272 g/mol. The summed E-state index contributed by atoms with van der Waals surface area (Å²) < 4.78 is 4.84. The third-order valence-electron chi connectivity index (χ3n) is 2.85. The quantitative estimate of drug-likeness (QED) is 0.779. The van der Waals surface area contributed by atoms with Crippen molar-refractivity contribution in [1.29, 1.82) is 0 Å². The molecule has 0 radical (unpaired) electrons. The molecule has 21 heavy (non-hydrogen) atoms. The van der Waals surface area contributed by atoms with Crippen molar-refractivity contribution in [3.05, 3.63) is 41.5 Å². The highest BCUT2D eigenvalue weighted by molar-refractivity contribution is 5.89. The number of nitrogens with one attached hydrogen (secondary N) is 2. The molecule has 7 nitrogen and oxygen atoms in total. The van der Waals surface area contributed by atoms with Crippen LogP contribution in [0.15, 0.2) is 28.8 Å². The Morgan fingerprint density at radius 2 is 2.10 bits per heavy atom. The van der Waals surface area contributed by atoms with Crippen LogP contribution >= 0.6 is 0 Å². The second-order valence-electron chi connectivity index (χ2n) is 4.66. The number of amides is 2. The van der Waals surface area contributed by atoms with E-state index >= 15 is 0 Å². The Balaban J connectivity index is 1.76. The van der Waals surface area contributed by atoms with E-state index in [4.69, 9.17) is 4.52 Å². The molecule has 0 spiro atoms. The highest BCUT2D eigenvalue weighted by atomic mass is 16.5. The van der Waals surface area contributed by atoms with Crippen LogP contribution in [-0.2, 0) is 6.42 Å². The van der Waals surface area contributed by atoms with E-state index in [1.54, 1.807) is 38.1 Å². The molecule has 0 aliphatic rings. The second-order valence-corrected chi connectivity index (χ2v) is 4.66. The average Bonchev–Trinajstić information content (AvgIpc) is 2.85. The summed E-state index contributed by atoms with van der Waals surface area (Å²) >= 11 is 0. The summed E-state index contributed by atoms with van der Waals surface area (Å²) in [6, 6.07) is 6.71. The summed E-state index contributed by atoms with van der Waals surface area (Å²) in [6.45, 7) is 3.82. The number of urea groups is 1. The third-order valence-corrected chi connectivity index (χ3v) is 2.85. The van der Waals surface area contributed by atoms with E-state index in [0.29, 0.717) is 30.4 Å². The number of carbonyl (C=O) groups is 1. The van der Waals surface area contributed by atoms with Gasteiger partial charge in [-0.15, -0.1) is 0 Å². The molecule has 0 fully saturated rings. The van der Waals surface area contributed by atoms with Crippen LogP contribution in [0, 0.1) is 6.92 Å². The number of rotatable bonds is 5. The summed E-state index contributed by atoms with van der Waals surface area (Å²) in [5.41, 5.74) is 1.46. The first-order valence-electron chi connectivity index (χ1n) is 6.66. The number of benzene rings is 1. The number of aliphatic hydroxyl groups excluding tert-OH is 1. The van der Waals surface area contributed by atoms with E-state index in [0.717, 1.165) is 5.56 Å². The van der Waals surface area contributed by atoms with Crippen LogP contribution in [0.25, 0.3) is 0 Å². The molecule has 0 aliphatic heterocycles. The zero-order chi connectivity index (χ0) is 15.2. The van der Waals surface area contributed by atoms with Crippen molar-refractivity contribution in [2.45, 2.75) is 26.4 Å². The van der Waals surface area contributed by atoms with Gasteiger partial charge in [-0.2, -0.15) is 4.98 Å². The first-order valence-corrected chi connectivity index (χ1v) is 6.66. The average molecular weight is 290 g/mol. The summed E-state index contributed by atoms with van der Waals surface area (Å²) in [7, 11) is 0. The number of hydrogen-bond acceptors (Lipinski definition) is 5. The number of aryl methyl sites for hydroxylation is 1. The molecule has 2 rings (SSSR count). The summed E-state index contributed by atoms with van der Waals surface area (Å²) in [4.78, 5) is 15.7. The largest absolute Gasteiger partial charge is 0.389 e.